The number of hydrogen-bond acceptors (Lipinski definition) is 5. The van der Waals surface area contributed by atoms with Gasteiger partial charge in [-0.15, -0.1) is 12.4 Å². The predicted octanol–water partition coefficient (Wildman–Crippen LogP) is 3.11. The average molecular weight is 347 g/mol. The molecule has 0 saturated carbocycles. The molecule has 1 aromatic heterocycles. The van der Waals surface area contributed by atoms with Crippen LogP contribution >= 0.6 is 12.4 Å². The van der Waals surface area contributed by atoms with Crippen molar-refractivity contribution in [2.45, 2.75) is 31.8 Å². The number of nitrogens with zero attached hydrogens (tertiary/aromatic N) is 3. The van der Waals surface area contributed by atoms with Gasteiger partial charge in [-0.05, 0) is 18.9 Å². The zero-order chi connectivity index (χ0) is 15.5. The molecule has 1 fully saturated rings. The van der Waals surface area contributed by atoms with E-state index in [-0.39, 0.29) is 12.4 Å². The van der Waals surface area contributed by atoms with Crippen molar-refractivity contribution in [1.82, 2.24) is 15.3 Å². The van der Waals surface area contributed by atoms with Crippen LogP contribution in [0.15, 0.2) is 36.7 Å². The average Bonchev–Trinajstić information content (AvgIpc) is 3.15. The lowest BCUT2D eigenvalue weighted by molar-refractivity contribution is 0.252. The summed E-state index contributed by atoms with van der Waals surface area (Å²) in [5, 5.41) is 3.61. The summed E-state index contributed by atoms with van der Waals surface area (Å²) in [6.45, 7) is 3.70. The molecule has 1 saturated heterocycles. The van der Waals surface area contributed by atoms with Crippen LogP contribution in [0.5, 0.6) is 5.75 Å². The molecule has 24 heavy (non-hydrogen) atoms. The fourth-order valence-corrected chi connectivity index (χ4v) is 3.31. The van der Waals surface area contributed by atoms with E-state index in [9.17, 15) is 0 Å². The van der Waals surface area contributed by atoms with Crippen LogP contribution in [0.1, 0.15) is 36.4 Å². The van der Waals surface area contributed by atoms with E-state index in [1.807, 2.05) is 24.5 Å². The number of rotatable bonds is 4. The van der Waals surface area contributed by atoms with Gasteiger partial charge in [0.25, 0.3) is 0 Å². The summed E-state index contributed by atoms with van der Waals surface area (Å²) in [6.07, 6.45) is 7.37. The van der Waals surface area contributed by atoms with Gasteiger partial charge in [0.15, 0.2) is 0 Å². The summed E-state index contributed by atoms with van der Waals surface area (Å²) in [7, 11) is 0. The normalized spacial score (nSPS) is 19.3. The number of benzene rings is 1. The highest BCUT2D eigenvalue weighted by Gasteiger charge is 2.20. The molecule has 2 aliphatic rings. The first-order chi connectivity index (χ1) is 11.4. The number of halogens is 1. The first-order valence-electron chi connectivity index (χ1n) is 8.41. The molecule has 0 spiro atoms. The Morgan fingerprint density at radius 1 is 1.12 bits per heavy atom. The lowest BCUT2D eigenvalue weighted by atomic mass is 10.0. The zero-order valence-electron chi connectivity index (χ0n) is 13.6. The predicted molar refractivity (Wildman–Crippen MR) is 96.9 cm³/mol. The Labute approximate surface area is 148 Å². The summed E-state index contributed by atoms with van der Waals surface area (Å²) < 4.78 is 5.71. The van der Waals surface area contributed by atoms with E-state index in [2.05, 4.69) is 32.3 Å². The van der Waals surface area contributed by atoms with Gasteiger partial charge in [-0.25, -0.2) is 9.97 Å². The van der Waals surface area contributed by atoms with E-state index < -0.39 is 0 Å². The van der Waals surface area contributed by atoms with Gasteiger partial charge in [0.2, 0.25) is 5.95 Å². The number of anilines is 1. The molecular formula is C18H23ClN4O. The summed E-state index contributed by atoms with van der Waals surface area (Å²) >= 11 is 0. The minimum absolute atomic E-state index is 0. The number of fused-ring (bicyclic) bond motifs is 1. The lowest BCUT2D eigenvalue weighted by Crippen LogP contribution is -2.27. The molecule has 0 aliphatic carbocycles. The van der Waals surface area contributed by atoms with Gasteiger partial charge in [-0.2, -0.15) is 0 Å². The van der Waals surface area contributed by atoms with Crippen molar-refractivity contribution in [2.24, 2.45) is 0 Å². The third-order valence-electron chi connectivity index (χ3n) is 4.59. The topological polar surface area (TPSA) is 50.3 Å². The van der Waals surface area contributed by atoms with Crippen molar-refractivity contribution in [3.8, 4) is 5.75 Å². The van der Waals surface area contributed by atoms with Crippen molar-refractivity contribution in [2.75, 3.05) is 24.6 Å². The van der Waals surface area contributed by atoms with Gasteiger partial charge < -0.3 is 15.0 Å². The Morgan fingerprint density at radius 2 is 1.88 bits per heavy atom. The van der Waals surface area contributed by atoms with Crippen molar-refractivity contribution in [1.29, 1.82) is 0 Å². The molecule has 4 rings (SSSR count). The molecular weight excluding hydrogens is 324 g/mol. The van der Waals surface area contributed by atoms with Crippen LogP contribution < -0.4 is 15.0 Å². The lowest BCUT2D eigenvalue weighted by Gasteiger charge is -2.26. The standard InChI is InChI=1S/C18H22N4O.ClH/c1-2-6-17-15(5-1)16(7-10-23-17)19-11-14-12-20-18(21-13-14)22-8-3-4-9-22;/h1-2,5-6,12-13,16,19H,3-4,7-11H2;1H. The first-order valence-corrected chi connectivity index (χ1v) is 8.41. The molecule has 1 aromatic carbocycles. The molecule has 6 heteroatoms. The fraction of sp³-hybridized carbons (Fsp3) is 0.444. The van der Waals surface area contributed by atoms with E-state index in [1.165, 1.54) is 18.4 Å². The quantitative estimate of drug-likeness (QED) is 0.921. The smallest absolute Gasteiger partial charge is 0.225 e. The first kappa shape index (κ1) is 17.0. The minimum atomic E-state index is 0. The largest absolute Gasteiger partial charge is 0.493 e. The highest BCUT2D eigenvalue weighted by molar-refractivity contribution is 5.85. The molecule has 0 amide bonds. The summed E-state index contributed by atoms with van der Waals surface area (Å²) in [4.78, 5) is 11.3. The Balaban J connectivity index is 0.00000169. The summed E-state index contributed by atoms with van der Waals surface area (Å²) in [5.74, 6) is 1.86. The maximum absolute atomic E-state index is 5.71. The van der Waals surface area contributed by atoms with Crippen molar-refractivity contribution < 1.29 is 4.74 Å². The van der Waals surface area contributed by atoms with Gasteiger partial charge in [0.1, 0.15) is 5.75 Å². The highest BCUT2D eigenvalue weighted by atomic mass is 35.5. The molecule has 0 bridgehead atoms. The van der Waals surface area contributed by atoms with Crippen LogP contribution in [0.2, 0.25) is 0 Å². The SMILES string of the molecule is Cl.c1ccc2c(c1)OCCC2NCc1cnc(N2CCCC2)nc1. The third kappa shape index (κ3) is 3.62. The molecule has 5 nitrogen and oxygen atoms in total. The third-order valence-corrected chi connectivity index (χ3v) is 4.59. The Kier molecular flexibility index (Phi) is 5.53. The molecule has 1 N–H and O–H groups in total. The van der Waals surface area contributed by atoms with Crippen LogP contribution in [0, 0.1) is 0 Å². The van der Waals surface area contributed by atoms with Crippen molar-refractivity contribution in [3.05, 3.63) is 47.8 Å². The molecule has 1 unspecified atom stereocenters. The molecule has 2 aromatic rings. The maximum atomic E-state index is 5.71. The molecule has 128 valence electrons. The Hall–Kier alpha value is -1.85. The van der Waals surface area contributed by atoms with E-state index >= 15 is 0 Å². The van der Waals surface area contributed by atoms with Gasteiger partial charge >= 0.3 is 0 Å². The molecule has 0 radical (unpaired) electrons. The molecule has 2 aliphatic heterocycles. The molecule has 3 heterocycles. The van der Waals surface area contributed by atoms with Gasteiger partial charge in [0, 0.05) is 55.6 Å². The van der Waals surface area contributed by atoms with E-state index in [4.69, 9.17) is 4.74 Å². The second-order valence-corrected chi connectivity index (χ2v) is 6.19. The van der Waals surface area contributed by atoms with Gasteiger partial charge in [0.05, 0.1) is 6.61 Å². The van der Waals surface area contributed by atoms with Crippen LogP contribution in [-0.4, -0.2) is 29.7 Å². The van der Waals surface area contributed by atoms with E-state index in [0.29, 0.717) is 6.04 Å². The van der Waals surface area contributed by atoms with E-state index in [1.54, 1.807) is 0 Å². The van der Waals surface area contributed by atoms with Crippen molar-refractivity contribution in [3.63, 3.8) is 0 Å². The van der Waals surface area contributed by atoms with Gasteiger partial charge in [-0.1, -0.05) is 18.2 Å². The highest BCUT2D eigenvalue weighted by Crippen LogP contribution is 2.31. The van der Waals surface area contributed by atoms with E-state index in [0.717, 1.165) is 49.9 Å². The Morgan fingerprint density at radius 3 is 2.67 bits per heavy atom. The van der Waals surface area contributed by atoms with Crippen LogP contribution in [0.25, 0.3) is 0 Å². The van der Waals surface area contributed by atoms with Crippen LogP contribution in [0.4, 0.5) is 5.95 Å². The number of nitrogens with one attached hydrogen (secondary N) is 1. The number of para-hydroxylation sites is 1. The summed E-state index contributed by atoms with van der Waals surface area (Å²) in [6, 6.07) is 8.59. The fourth-order valence-electron chi connectivity index (χ4n) is 3.31. The number of aromatic nitrogens is 2. The van der Waals surface area contributed by atoms with Crippen LogP contribution in [0.3, 0.4) is 0 Å². The van der Waals surface area contributed by atoms with Gasteiger partial charge in [-0.3, -0.25) is 0 Å². The maximum Gasteiger partial charge on any atom is 0.225 e. The van der Waals surface area contributed by atoms with Crippen LogP contribution in [-0.2, 0) is 6.54 Å². The summed E-state index contributed by atoms with van der Waals surface area (Å²) in [5.41, 5.74) is 2.37. The number of hydrogen-bond donors (Lipinski definition) is 1. The Bertz CT molecular complexity index is 658. The molecule has 1 atom stereocenters. The zero-order valence-corrected chi connectivity index (χ0v) is 14.5. The van der Waals surface area contributed by atoms with Crippen molar-refractivity contribution >= 4 is 18.4 Å². The minimum Gasteiger partial charge on any atom is -0.493 e. The second kappa shape index (κ2) is 7.81. The number of ether oxygens (including phenoxy) is 1. The second-order valence-electron chi connectivity index (χ2n) is 6.19. The monoisotopic (exact) mass is 346 g/mol.